The second kappa shape index (κ2) is 6.32. The first-order valence-corrected chi connectivity index (χ1v) is 6.43. The van der Waals surface area contributed by atoms with Gasteiger partial charge in [-0.25, -0.2) is 4.98 Å². The molecule has 2 aromatic rings. The Morgan fingerprint density at radius 1 is 1.29 bits per heavy atom. The predicted octanol–water partition coefficient (Wildman–Crippen LogP) is 2.17. The first-order valence-electron chi connectivity index (χ1n) is 6.05. The van der Waals surface area contributed by atoms with E-state index in [1.807, 2.05) is 0 Å². The molecule has 6 nitrogen and oxygen atoms in total. The molecule has 0 unspecified atom stereocenters. The van der Waals surface area contributed by atoms with Crippen LogP contribution in [-0.4, -0.2) is 33.5 Å². The zero-order valence-corrected chi connectivity index (χ0v) is 11.9. The number of nitrogens with zero attached hydrogens (tertiary/aromatic N) is 3. The molecule has 1 N–H and O–H groups in total. The molecule has 1 aromatic carbocycles. The molecule has 21 heavy (non-hydrogen) atoms. The molecule has 1 aromatic heterocycles. The van der Waals surface area contributed by atoms with Crippen LogP contribution in [0.15, 0.2) is 36.7 Å². The van der Waals surface area contributed by atoms with Crippen LogP contribution in [0.25, 0.3) is 0 Å². The number of hydrogen-bond acceptors (Lipinski definition) is 4. The van der Waals surface area contributed by atoms with Crippen LogP contribution >= 0.6 is 11.6 Å². The van der Waals surface area contributed by atoms with Gasteiger partial charge in [-0.1, -0.05) is 17.7 Å². The van der Waals surface area contributed by atoms with Gasteiger partial charge >= 0.3 is 5.97 Å². The highest BCUT2D eigenvalue weighted by atomic mass is 35.5. The van der Waals surface area contributed by atoms with Crippen molar-refractivity contribution in [2.24, 2.45) is 0 Å². The monoisotopic (exact) mass is 305 g/mol. The Balaban J connectivity index is 2.38. The zero-order chi connectivity index (χ0) is 15.4. The average Bonchev–Trinajstić information content (AvgIpc) is 2.44. The highest BCUT2D eigenvalue weighted by Gasteiger charge is 2.22. The van der Waals surface area contributed by atoms with E-state index in [0.29, 0.717) is 16.4 Å². The topological polar surface area (TPSA) is 83.4 Å². The third-order valence-corrected chi connectivity index (χ3v) is 2.89. The standard InChI is InChI=1S/C14H12ClN3O3/c1-9-6-17-12(7-16-9)14(21)18(8-13(19)20)11-4-2-3-10(15)5-11/h2-7H,8H2,1H3,(H,19,20). The Morgan fingerprint density at radius 2 is 2.05 bits per heavy atom. The second-order valence-corrected chi connectivity index (χ2v) is 4.74. The largest absolute Gasteiger partial charge is 0.480 e. The lowest BCUT2D eigenvalue weighted by atomic mass is 10.2. The molecule has 0 aliphatic carbocycles. The van der Waals surface area contributed by atoms with E-state index in [-0.39, 0.29) is 5.69 Å². The number of rotatable bonds is 4. The lowest BCUT2D eigenvalue weighted by molar-refractivity contribution is -0.135. The first-order chi connectivity index (χ1) is 9.97. The highest BCUT2D eigenvalue weighted by Crippen LogP contribution is 2.20. The van der Waals surface area contributed by atoms with E-state index in [4.69, 9.17) is 16.7 Å². The van der Waals surface area contributed by atoms with E-state index in [1.54, 1.807) is 25.1 Å². The summed E-state index contributed by atoms with van der Waals surface area (Å²) in [5, 5.41) is 9.40. The molecule has 0 spiro atoms. The van der Waals surface area contributed by atoms with Crippen LogP contribution in [0.3, 0.4) is 0 Å². The molecule has 0 atom stereocenters. The molecule has 7 heteroatoms. The summed E-state index contributed by atoms with van der Waals surface area (Å²) < 4.78 is 0. The van der Waals surface area contributed by atoms with Crippen molar-refractivity contribution in [3.63, 3.8) is 0 Å². The molecule has 108 valence electrons. The third kappa shape index (κ3) is 3.76. The van der Waals surface area contributed by atoms with Gasteiger partial charge in [-0.05, 0) is 25.1 Å². The minimum Gasteiger partial charge on any atom is -0.480 e. The number of anilines is 1. The number of aliphatic carboxylic acids is 1. The Bertz CT molecular complexity index is 673. The molecule has 0 fully saturated rings. The van der Waals surface area contributed by atoms with Gasteiger partial charge in [0.15, 0.2) is 0 Å². The van der Waals surface area contributed by atoms with Gasteiger partial charge in [0.05, 0.1) is 11.9 Å². The number of aryl methyl sites for hydroxylation is 1. The summed E-state index contributed by atoms with van der Waals surface area (Å²) in [4.78, 5) is 32.5. The Morgan fingerprint density at radius 3 is 2.62 bits per heavy atom. The normalized spacial score (nSPS) is 10.2. The SMILES string of the molecule is Cc1cnc(C(=O)N(CC(=O)O)c2cccc(Cl)c2)cn1. The number of benzene rings is 1. The van der Waals surface area contributed by atoms with Crippen molar-refractivity contribution < 1.29 is 14.7 Å². The molecular weight excluding hydrogens is 294 g/mol. The minimum atomic E-state index is -1.14. The lowest BCUT2D eigenvalue weighted by Crippen LogP contribution is -2.36. The summed E-state index contributed by atoms with van der Waals surface area (Å²) >= 11 is 5.88. The lowest BCUT2D eigenvalue weighted by Gasteiger charge is -2.20. The summed E-state index contributed by atoms with van der Waals surface area (Å²) in [5.41, 5.74) is 1.12. The molecule has 0 saturated heterocycles. The number of halogens is 1. The van der Waals surface area contributed by atoms with Gasteiger partial charge in [-0.3, -0.25) is 19.5 Å². The minimum absolute atomic E-state index is 0.0711. The van der Waals surface area contributed by atoms with Gasteiger partial charge < -0.3 is 5.11 Å². The summed E-state index contributed by atoms with van der Waals surface area (Å²) in [6.07, 6.45) is 2.77. The average molecular weight is 306 g/mol. The molecule has 0 aliphatic rings. The van der Waals surface area contributed by atoms with Crippen molar-refractivity contribution >= 4 is 29.2 Å². The molecule has 1 heterocycles. The number of carbonyl (C=O) groups excluding carboxylic acids is 1. The number of amides is 1. The van der Waals surface area contributed by atoms with Crippen LogP contribution < -0.4 is 4.90 Å². The van der Waals surface area contributed by atoms with Crippen molar-refractivity contribution in [1.82, 2.24) is 9.97 Å². The van der Waals surface area contributed by atoms with E-state index in [0.717, 1.165) is 4.90 Å². The molecule has 1 amide bonds. The van der Waals surface area contributed by atoms with E-state index in [2.05, 4.69) is 9.97 Å². The molecular formula is C14H12ClN3O3. The van der Waals surface area contributed by atoms with Gasteiger partial charge in [0.1, 0.15) is 12.2 Å². The fourth-order valence-corrected chi connectivity index (χ4v) is 1.89. The van der Waals surface area contributed by atoms with Gasteiger partial charge in [0.2, 0.25) is 0 Å². The summed E-state index contributed by atoms with van der Waals surface area (Å²) in [5.74, 6) is -1.68. The fourth-order valence-electron chi connectivity index (χ4n) is 1.70. The molecule has 0 saturated carbocycles. The van der Waals surface area contributed by atoms with E-state index >= 15 is 0 Å². The Labute approximate surface area is 126 Å². The van der Waals surface area contributed by atoms with Crippen LogP contribution in [0.5, 0.6) is 0 Å². The number of aromatic nitrogens is 2. The van der Waals surface area contributed by atoms with Gasteiger partial charge in [-0.2, -0.15) is 0 Å². The number of hydrogen-bond donors (Lipinski definition) is 1. The highest BCUT2D eigenvalue weighted by molar-refractivity contribution is 6.31. The number of carbonyl (C=O) groups is 2. The van der Waals surface area contributed by atoms with Crippen molar-refractivity contribution in [2.45, 2.75) is 6.92 Å². The summed E-state index contributed by atoms with van der Waals surface area (Å²) in [6.45, 7) is 1.25. The molecule has 0 aliphatic heterocycles. The number of carboxylic acid groups (broad SMARTS) is 1. The van der Waals surface area contributed by atoms with Gasteiger partial charge in [0, 0.05) is 16.9 Å². The van der Waals surface area contributed by atoms with Crippen LogP contribution in [0.4, 0.5) is 5.69 Å². The second-order valence-electron chi connectivity index (χ2n) is 4.31. The van der Waals surface area contributed by atoms with Gasteiger partial charge in [0.25, 0.3) is 5.91 Å². The fraction of sp³-hybridized carbons (Fsp3) is 0.143. The Hall–Kier alpha value is -2.47. The first kappa shape index (κ1) is 14.9. The molecule has 2 rings (SSSR count). The van der Waals surface area contributed by atoms with Crippen molar-refractivity contribution in [2.75, 3.05) is 11.4 Å². The van der Waals surface area contributed by atoms with Crippen molar-refractivity contribution in [1.29, 1.82) is 0 Å². The zero-order valence-electron chi connectivity index (χ0n) is 11.2. The Kier molecular flexibility index (Phi) is 4.49. The summed E-state index contributed by atoms with van der Waals surface area (Å²) in [6, 6.07) is 6.40. The van der Waals surface area contributed by atoms with Crippen LogP contribution in [0.2, 0.25) is 5.02 Å². The molecule has 0 bridgehead atoms. The quantitative estimate of drug-likeness (QED) is 0.936. The maximum Gasteiger partial charge on any atom is 0.323 e. The predicted molar refractivity (Wildman–Crippen MR) is 77.5 cm³/mol. The van der Waals surface area contributed by atoms with Crippen molar-refractivity contribution in [3.8, 4) is 0 Å². The van der Waals surface area contributed by atoms with Crippen LogP contribution in [0, 0.1) is 6.92 Å². The van der Waals surface area contributed by atoms with Crippen LogP contribution in [0.1, 0.15) is 16.2 Å². The maximum atomic E-state index is 12.4. The van der Waals surface area contributed by atoms with Crippen LogP contribution in [-0.2, 0) is 4.79 Å². The third-order valence-electron chi connectivity index (χ3n) is 2.66. The number of carboxylic acids is 1. The van der Waals surface area contributed by atoms with Crippen molar-refractivity contribution in [3.05, 3.63) is 53.1 Å². The smallest absolute Gasteiger partial charge is 0.323 e. The maximum absolute atomic E-state index is 12.4. The summed E-state index contributed by atoms with van der Waals surface area (Å²) in [7, 11) is 0. The van der Waals surface area contributed by atoms with Gasteiger partial charge in [-0.15, -0.1) is 0 Å². The van der Waals surface area contributed by atoms with E-state index in [1.165, 1.54) is 18.5 Å². The van der Waals surface area contributed by atoms with E-state index < -0.39 is 18.4 Å². The van der Waals surface area contributed by atoms with E-state index in [9.17, 15) is 9.59 Å². The molecule has 0 radical (unpaired) electrons.